The molecule has 1 aromatic carbocycles. The highest BCUT2D eigenvalue weighted by molar-refractivity contribution is 5.75. The van der Waals surface area contributed by atoms with Crippen molar-refractivity contribution in [3.05, 3.63) is 29.8 Å². The summed E-state index contributed by atoms with van der Waals surface area (Å²) in [6, 6.07) is 7.39. The second-order valence-corrected chi connectivity index (χ2v) is 5.48. The first-order valence-electron chi connectivity index (χ1n) is 6.23. The van der Waals surface area contributed by atoms with Crippen LogP contribution in [-0.2, 0) is 5.54 Å². The third kappa shape index (κ3) is 4.28. The van der Waals surface area contributed by atoms with E-state index in [-0.39, 0.29) is 6.03 Å². The first kappa shape index (κ1) is 14.4. The number of benzene rings is 1. The Morgan fingerprint density at radius 3 is 2.33 bits per heavy atom. The van der Waals surface area contributed by atoms with Crippen LogP contribution < -0.4 is 16.4 Å². The van der Waals surface area contributed by atoms with Gasteiger partial charge in [0.15, 0.2) is 0 Å². The molecule has 0 saturated heterocycles. The van der Waals surface area contributed by atoms with Gasteiger partial charge in [-0.25, -0.2) is 4.79 Å². The molecule has 1 rings (SSSR count). The standard InChI is InChI=1S/C14H23N3O/c1-10(2)9-16-13(18)17-14(3,4)11-5-7-12(15)8-6-11/h5-8,10H,9,15H2,1-4H3,(H2,16,17,18). The molecule has 2 amide bonds. The van der Waals surface area contributed by atoms with E-state index in [1.165, 1.54) is 0 Å². The summed E-state index contributed by atoms with van der Waals surface area (Å²) in [7, 11) is 0. The molecule has 4 heteroatoms. The van der Waals surface area contributed by atoms with Gasteiger partial charge < -0.3 is 16.4 Å². The Morgan fingerprint density at radius 2 is 1.83 bits per heavy atom. The third-order valence-corrected chi connectivity index (χ3v) is 2.73. The second-order valence-electron chi connectivity index (χ2n) is 5.48. The van der Waals surface area contributed by atoms with Crippen LogP contribution in [0, 0.1) is 5.92 Å². The number of carbonyl (C=O) groups excluding carboxylic acids is 1. The Bertz CT molecular complexity index is 396. The number of nitrogen functional groups attached to an aromatic ring is 1. The zero-order valence-electron chi connectivity index (χ0n) is 11.6. The van der Waals surface area contributed by atoms with E-state index in [2.05, 4.69) is 24.5 Å². The van der Waals surface area contributed by atoms with Gasteiger partial charge in [0.1, 0.15) is 0 Å². The number of rotatable bonds is 4. The smallest absolute Gasteiger partial charge is 0.315 e. The summed E-state index contributed by atoms with van der Waals surface area (Å²) in [6.07, 6.45) is 0. The quantitative estimate of drug-likeness (QED) is 0.718. The minimum Gasteiger partial charge on any atom is -0.399 e. The van der Waals surface area contributed by atoms with Crippen molar-refractivity contribution >= 4 is 11.7 Å². The fraction of sp³-hybridized carbons (Fsp3) is 0.500. The van der Waals surface area contributed by atoms with Crippen LogP contribution in [-0.4, -0.2) is 12.6 Å². The lowest BCUT2D eigenvalue weighted by Crippen LogP contribution is -2.47. The largest absolute Gasteiger partial charge is 0.399 e. The highest BCUT2D eigenvalue weighted by Gasteiger charge is 2.22. The van der Waals surface area contributed by atoms with Gasteiger partial charge in [-0.15, -0.1) is 0 Å². The van der Waals surface area contributed by atoms with E-state index in [4.69, 9.17) is 5.73 Å². The van der Waals surface area contributed by atoms with Gasteiger partial charge in [-0.2, -0.15) is 0 Å². The van der Waals surface area contributed by atoms with E-state index < -0.39 is 5.54 Å². The van der Waals surface area contributed by atoms with Crippen molar-refractivity contribution < 1.29 is 4.79 Å². The fourth-order valence-electron chi connectivity index (χ4n) is 1.60. The normalized spacial score (nSPS) is 11.4. The molecule has 0 aliphatic carbocycles. The summed E-state index contributed by atoms with van der Waals surface area (Å²) >= 11 is 0. The van der Waals surface area contributed by atoms with Crippen molar-refractivity contribution in [2.45, 2.75) is 33.2 Å². The first-order valence-corrected chi connectivity index (χ1v) is 6.23. The van der Waals surface area contributed by atoms with Gasteiger partial charge in [0.25, 0.3) is 0 Å². The molecular formula is C14H23N3O. The van der Waals surface area contributed by atoms with E-state index >= 15 is 0 Å². The number of carbonyl (C=O) groups is 1. The molecule has 100 valence electrons. The van der Waals surface area contributed by atoms with Crippen molar-refractivity contribution in [2.75, 3.05) is 12.3 Å². The van der Waals surface area contributed by atoms with Gasteiger partial charge in [-0.3, -0.25) is 0 Å². The number of anilines is 1. The molecule has 1 aromatic rings. The average Bonchev–Trinajstić information content (AvgIpc) is 2.26. The SMILES string of the molecule is CC(C)CNC(=O)NC(C)(C)c1ccc(N)cc1. The van der Waals surface area contributed by atoms with E-state index in [0.717, 1.165) is 11.3 Å². The van der Waals surface area contributed by atoms with Gasteiger partial charge in [-0.05, 0) is 37.5 Å². The van der Waals surface area contributed by atoms with E-state index in [1.54, 1.807) is 0 Å². The van der Waals surface area contributed by atoms with Crippen LogP contribution in [0.25, 0.3) is 0 Å². The number of hydrogen-bond donors (Lipinski definition) is 3. The van der Waals surface area contributed by atoms with Gasteiger partial charge in [0, 0.05) is 12.2 Å². The van der Waals surface area contributed by atoms with Crippen molar-refractivity contribution in [2.24, 2.45) is 5.92 Å². The molecule has 4 N–H and O–H groups in total. The minimum absolute atomic E-state index is 0.148. The number of amides is 2. The van der Waals surface area contributed by atoms with Gasteiger partial charge in [-0.1, -0.05) is 26.0 Å². The molecule has 0 aromatic heterocycles. The molecule has 0 fully saturated rings. The molecule has 0 spiro atoms. The van der Waals surface area contributed by atoms with Crippen LogP contribution >= 0.6 is 0 Å². The van der Waals surface area contributed by atoms with Crippen molar-refractivity contribution in [1.29, 1.82) is 0 Å². The molecular weight excluding hydrogens is 226 g/mol. The van der Waals surface area contributed by atoms with E-state index in [0.29, 0.717) is 12.5 Å². The fourth-order valence-corrected chi connectivity index (χ4v) is 1.60. The number of nitrogens with two attached hydrogens (primary N) is 1. The summed E-state index contributed by atoms with van der Waals surface area (Å²) in [5.41, 5.74) is 6.98. The topological polar surface area (TPSA) is 67.2 Å². The van der Waals surface area contributed by atoms with E-state index in [9.17, 15) is 4.79 Å². The lowest BCUT2D eigenvalue weighted by molar-refractivity contribution is 0.228. The highest BCUT2D eigenvalue weighted by Crippen LogP contribution is 2.20. The average molecular weight is 249 g/mol. The molecule has 0 aliphatic heterocycles. The van der Waals surface area contributed by atoms with Gasteiger partial charge >= 0.3 is 6.03 Å². The Hall–Kier alpha value is -1.71. The molecule has 0 unspecified atom stereocenters. The molecule has 0 atom stereocenters. The molecule has 18 heavy (non-hydrogen) atoms. The maximum atomic E-state index is 11.8. The third-order valence-electron chi connectivity index (χ3n) is 2.73. The zero-order valence-corrected chi connectivity index (χ0v) is 11.6. The summed E-state index contributed by atoms with van der Waals surface area (Å²) in [5.74, 6) is 0.440. The summed E-state index contributed by atoms with van der Waals surface area (Å²) in [6.45, 7) is 8.72. The van der Waals surface area contributed by atoms with Crippen LogP contribution in [0.4, 0.5) is 10.5 Å². The zero-order chi connectivity index (χ0) is 13.8. The maximum absolute atomic E-state index is 11.8. The summed E-state index contributed by atoms with van der Waals surface area (Å²) in [4.78, 5) is 11.8. The lowest BCUT2D eigenvalue weighted by atomic mass is 9.94. The Labute approximate surface area is 109 Å². The minimum atomic E-state index is -0.422. The van der Waals surface area contributed by atoms with Crippen LogP contribution in [0.2, 0.25) is 0 Å². The van der Waals surface area contributed by atoms with Crippen LogP contribution in [0.15, 0.2) is 24.3 Å². The van der Waals surface area contributed by atoms with Crippen LogP contribution in [0.1, 0.15) is 33.3 Å². The summed E-state index contributed by atoms with van der Waals surface area (Å²) in [5, 5.41) is 5.80. The predicted octanol–water partition coefficient (Wildman–Crippen LogP) is 2.46. The predicted molar refractivity (Wildman–Crippen MR) is 75.3 cm³/mol. The van der Waals surface area contributed by atoms with Crippen LogP contribution in [0.3, 0.4) is 0 Å². The van der Waals surface area contributed by atoms with Crippen LogP contribution in [0.5, 0.6) is 0 Å². The molecule has 0 heterocycles. The molecule has 0 bridgehead atoms. The Morgan fingerprint density at radius 1 is 1.28 bits per heavy atom. The lowest BCUT2D eigenvalue weighted by Gasteiger charge is -2.27. The van der Waals surface area contributed by atoms with Crippen molar-refractivity contribution in [1.82, 2.24) is 10.6 Å². The van der Waals surface area contributed by atoms with Gasteiger partial charge in [0.05, 0.1) is 5.54 Å². The maximum Gasteiger partial charge on any atom is 0.315 e. The highest BCUT2D eigenvalue weighted by atomic mass is 16.2. The molecule has 0 saturated carbocycles. The number of hydrogen-bond acceptors (Lipinski definition) is 2. The Kier molecular flexibility index (Phi) is 4.59. The van der Waals surface area contributed by atoms with Crippen molar-refractivity contribution in [3.8, 4) is 0 Å². The first-order chi connectivity index (χ1) is 8.31. The Balaban J connectivity index is 2.63. The van der Waals surface area contributed by atoms with E-state index in [1.807, 2.05) is 38.1 Å². The number of nitrogens with one attached hydrogen (secondary N) is 2. The van der Waals surface area contributed by atoms with Gasteiger partial charge in [0.2, 0.25) is 0 Å². The molecule has 0 aliphatic rings. The molecule has 4 nitrogen and oxygen atoms in total. The second kappa shape index (κ2) is 5.76. The molecule has 0 radical (unpaired) electrons. The number of urea groups is 1. The summed E-state index contributed by atoms with van der Waals surface area (Å²) < 4.78 is 0. The van der Waals surface area contributed by atoms with Crippen molar-refractivity contribution in [3.63, 3.8) is 0 Å². The monoisotopic (exact) mass is 249 g/mol.